The van der Waals surface area contributed by atoms with Crippen LogP contribution in [0.4, 0.5) is 0 Å². The zero-order chi connectivity index (χ0) is 19.7. The van der Waals surface area contributed by atoms with E-state index in [0.717, 1.165) is 16.7 Å². The van der Waals surface area contributed by atoms with Gasteiger partial charge in [0, 0.05) is 24.4 Å². The zero-order valence-corrected chi connectivity index (χ0v) is 15.2. The fourth-order valence-electron chi connectivity index (χ4n) is 3.97. The summed E-state index contributed by atoms with van der Waals surface area (Å²) in [5.74, 6) is -1.42. The summed E-state index contributed by atoms with van der Waals surface area (Å²) in [5, 5.41) is 30.2. The molecule has 0 aliphatic heterocycles. The maximum atomic E-state index is 12.1. The molecule has 0 heterocycles. The summed E-state index contributed by atoms with van der Waals surface area (Å²) in [7, 11) is 2.90. The van der Waals surface area contributed by atoms with Crippen molar-refractivity contribution < 1.29 is 29.6 Å². The average molecular weight is 373 g/mol. The van der Waals surface area contributed by atoms with Crippen molar-refractivity contribution in [2.24, 2.45) is 17.6 Å². The van der Waals surface area contributed by atoms with E-state index in [1.165, 1.54) is 20.3 Å². The second-order valence-corrected chi connectivity index (χ2v) is 6.69. The fraction of sp³-hybridized carbons (Fsp3) is 0.350. The summed E-state index contributed by atoms with van der Waals surface area (Å²) in [5.41, 5.74) is 7.94. The predicted molar refractivity (Wildman–Crippen MR) is 98.1 cm³/mol. The van der Waals surface area contributed by atoms with Crippen LogP contribution in [0.1, 0.15) is 22.6 Å². The normalized spacial score (nSPS) is 21.4. The third-order valence-electron chi connectivity index (χ3n) is 5.30. The first-order valence-electron chi connectivity index (χ1n) is 8.58. The lowest BCUT2D eigenvalue weighted by Gasteiger charge is -2.38. The van der Waals surface area contributed by atoms with Crippen molar-refractivity contribution in [2.75, 3.05) is 20.8 Å². The lowest BCUT2D eigenvalue weighted by atomic mass is 9.66. The number of ether oxygens (including phenoxy) is 2. The van der Waals surface area contributed by atoms with Gasteiger partial charge in [0.05, 0.1) is 14.2 Å². The van der Waals surface area contributed by atoms with Gasteiger partial charge in [-0.15, -0.1) is 0 Å². The van der Waals surface area contributed by atoms with Gasteiger partial charge >= 0.3 is 0 Å². The number of methoxy groups -OCH3 is 2. The van der Waals surface area contributed by atoms with Gasteiger partial charge in [-0.1, -0.05) is 6.07 Å². The van der Waals surface area contributed by atoms with Gasteiger partial charge in [-0.25, -0.2) is 0 Å². The summed E-state index contributed by atoms with van der Waals surface area (Å²) in [6.07, 6.45) is 0.345. The predicted octanol–water partition coefficient (Wildman–Crippen LogP) is 1.51. The van der Waals surface area contributed by atoms with Crippen LogP contribution in [0, 0.1) is 11.8 Å². The molecule has 3 atom stereocenters. The first kappa shape index (κ1) is 18.8. The standard InChI is InChI=1S/C20H23NO6/c1-26-17-6-10(3-4-15(17)23)19-12-8-16(24)18(27-2)7-11(12)5-13(20(21)25)14(19)9-22/h3-4,6-8,13-14,19,22-24H,5,9H2,1-2H3,(H2,21,25)/t13-,14+,19-/m1/s1. The Bertz CT molecular complexity index is 866. The number of nitrogens with two attached hydrogens (primary N) is 1. The topological polar surface area (TPSA) is 122 Å². The number of hydrogen-bond donors (Lipinski definition) is 4. The number of amides is 1. The number of benzene rings is 2. The van der Waals surface area contributed by atoms with Gasteiger partial charge in [0.1, 0.15) is 0 Å². The highest BCUT2D eigenvalue weighted by atomic mass is 16.5. The van der Waals surface area contributed by atoms with Crippen molar-refractivity contribution in [1.29, 1.82) is 0 Å². The number of aromatic hydroxyl groups is 2. The number of aliphatic hydroxyl groups excluding tert-OH is 1. The fourth-order valence-corrected chi connectivity index (χ4v) is 3.97. The summed E-state index contributed by atoms with van der Waals surface area (Å²) < 4.78 is 10.4. The largest absolute Gasteiger partial charge is 0.504 e. The molecule has 2 aromatic rings. The number of rotatable bonds is 5. The van der Waals surface area contributed by atoms with Crippen molar-refractivity contribution >= 4 is 5.91 Å². The summed E-state index contributed by atoms with van der Waals surface area (Å²) >= 11 is 0. The monoisotopic (exact) mass is 373 g/mol. The number of hydrogen-bond acceptors (Lipinski definition) is 6. The van der Waals surface area contributed by atoms with Gasteiger partial charge in [0.2, 0.25) is 5.91 Å². The van der Waals surface area contributed by atoms with Gasteiger partial charge in [0.15, 0.2) is 23.0 Å². The number of carbonyl (C=O) groups is 1. The Balaban J connectivity index is 2.22. The Morgan fingerprint density at radius 2 is 1.78 bits per heavy atom. The molecular formula is C20H23NO6. The molecule has 1 amide bonds. The van der Waals surface area contributed by atoms with E-state index < -0.39 is 23.7 Å². The molecular weight excluding hydrogens is 350 g/mol. The maximum Gasteiger partial charge on any atom is 0.221 e. The van der Waals surface area contributed by atoms with Gasteiger partial charge in [-0.2, -0.15) is 0 Å². The van der Waals surface area contributed by atoms with Crippen molar-refractivity contribution in [1.82, 2.24) is 0 Å². The molecule has 3 rings (SSSR count). The highest BCUT2D eigenvalue weighted by molar-refractivity contribution is 5.78. The molecule has 1 aliphatic rings. The van der Waals surface area contributed by atoms with Gasteiger partial charge < -0.3 is 30.5 Å². The number of aliphatic hydroxyl groups is 1. The Morgan fingerprint density at radius 3 is 2.37 bits per heavy atom. The van der Waals surface area contributed by atoms with Gasteiger partial charge in [0.25, 0.3) is 0 Å². The Hall–Kier alpha value is -2.93. The third-order valence-corrected chi connectivity index (χ3v) is 5.30. The first-order valence-corrected chi connectivity index (χ1v) is 8.58. The van der Waals surface area contributed by atoms with Crippen molar-refractivity contribution in [2.45, 2.75) is 12.3 Å². The lowest BCUT2D eigenvalue weighted by molar-refractivity contribution is -0.124. The van der Waals surface area contributed by atoms with Crippen LogP contribution < -0.4 is 15.2 Å². The van der Waals surface area contributed by atoms with Crippen LogP contribution in [0.25, 0.3) is 0 Å². The Labute approximate surface area is 157 Å². The van der Waals surface area contributed by atoms with E-state index >= 15 is 0 Å². The van der Waals surface area contributed by atoms with E-state index in [4.69, 9.17) is 15.2 Å². The molecule has 7 heteroatoms. The van der Waals surface area contributed by atoms with Crippen LogP contribution in [0.2, 0.25) is 0 Å². The van der Waals surface area contributed by atoms with Gasteiger partial charge in [-0.3, -0.25) is 4.79 Å². The van der Waals surface area contributed by atoms with E-state index in [1.807, 2.05) is 0 Å². The average Bonchev–Trinajstić information content (AvgIpc) is 2.66. The van der Waals surface area contributed by atoms with Crippen LogP contribution in [-0.4, -0.2) is 42.1 Å². The van der Waals surface area contributed by atoms with E-state index in [0.29, 0.717) is 12.2 Å². The van der Waals surface area contributed by atoms with E-state index in [9.17, 15) is 20.1 Å². The highest BCUT2D eigenvalue weighted by Gasteiger charge is 2.40. The smallest absolute Gasteiger partial charge is 0.221 e. The van der Waals surface area contributed by atoms with Crippen LogP contribution >= 0.6 is 0 Å². The highest BCUT2D eigenvalue weighted by Crippen LogP contribution is 2.47. The molecule has 0 radical (unpaired) electrons. The number of fused-ring (bicyclic) bond motifs is 1. The molecule has 0 spiro atoms. The lowest BCUT2D eigenvalue weighted by Crippen LogP contribution is -2.40. The van der Waals surface area contributed by atoms with Crippen LogP contribution in [-0.2, 0) is 11.2 Å². The third kappa shape index (κ3) is 3.26. The van der Waals surface area contributed by atoms with Crippen molar-refractivity contribution in [3.63, 3.8) is 0 Å². The summed E-state index contributed by atoms with van der Waals surface area (Å²) in [6.45, 7) is -0.256. The Morgan fingerprint density at radius 1 is 1.11 bits per heavy atom. The number of phenols is 2. The molecule has 0 fully saturated rings. The molecule has 0 unspecified atom stereocenters. The molecule has 0 aromatic heterocycles. The van der Waals surface area contributed by atoms with E-state index in [2.05, 4.69) is 0 Å². The molecule has 5 N–H and O–H groups in total. The van der Waals surface area contributed by atoms with Crippen molar-refractivity contribution in [3.05, 3.63) is 47.0 Å². The molecule has 1 aliphatic carbocycles. The van der Waals surface area contributed by atoms with Crippen LogP contribution in [0.3, 0.4) is 0 Å². The van der Waals surface area contributed by atoms with E-state index in [-0.39, 0.29) is 23.9 Å². The Kier molecular flexibility index (Phi) is 5.14. The molecule has 27 heavy (non-hydrogen) atoms. The van der Waals surface area contributed by atoms with Gasteiger partial charge in [-0.05, 0) is 47.4 Å². The van der Waals surface area contributed by atoms with Crippen LogP contribution in [0.15, 0.2) is 30.3 Å². The quantitative estimate of drug-likeness (QED) is 0.630. The minimum atomic E-state index is -0.582. The number of carbonyl (C=O) groups excluding carboxylic acids is 1. The van der Waals surface area contributed by atoms with Crippen LogP contribution in [0.5, 0.6) is 23.0 Å². The summed E-state index contributed by atoms with van der Waals surface area (Å²) in [4.78, 5) is 12.1. The molecule has 2 aromatic carbocycles. The second kappa shape index (κ2) is 7.36. The number of phenolic OH excluding ortho intramolecular Hbond substituents is 2. The molecule has 144 valence electrons. The zero-order valence-electron chi connectivity index (χ0n) is 15.2. The summed E-state index contributed by atoms with van der Waals surface area (Å²) in [6, 6.07) is 8.16. The molecule has 0 saturated heterocycles. The number of primary amides is 1. The molecule has 0 bridgehead atoms. The SMILES string of the molecule is COc1cc([C@@H]2c3cc(O)c(OC)cc3C[C@@H](C(N)=O)[C@@H]2CO)ccc1O. The van der Waals surface area contributed by atoms with Crippen molar-refractivity contribution in [3.8, 4) is 23.0 Å². The first-order chi connectivity index (χ1) is 12.9. The van der Waals surface area contributed by atoms with E-state index in [1.54, 1.807) is 24.3 Å². The molecule has 7 nitrogen and oxygen atoms in total. The minimum Gasteiger partial charge on any atom is -0.504 e. The maximum absolute atomic E-state index is 12.1. The second-order valence-electron chi connectivity index (χ2n) is 6.69. The molecule has 0 saturated carbocycles. The minimum absolute atomic E-state index is 0.0122.